The summed E-state index contributed by atoms with van der Waals surface area (Å²) in [6, 6.07) is 22.6. The number of aryl methyl sites for hydroxylation is 2. The topological polar surface area (TPSA) is 74.4 Å². The number of fused-ring (bicyclic) bond motifs is 1. The Morgan fingerprint density at radius 1 is 1.00 bits per heavy atom. The Morgan fingerprint density at radius 3 is 2.49 bits per heavy atom. The molecule has 5 rings (SSSR count). The maximum Gasteiger partial charge on any atom is 0.306 e. The van der Waals surface area contributed by atoms with Gasteiger partial charge < -0.3 is 19.9 Å². The average molecular weight is 552 g/mol. The Balaban J connectivity index is 1.35. The van der Waals surface area contributed by atoms with Crippen molar-refractivity contribution in [3.63, 3.8) is 0 Å². The van der Waals surface area contributed by atoms with Crippen molar-refractivity contribution in [1.82, 2.24) is 10.3 Å². The number of anilines is 1. The van der Waals surface area contributed by atoms with E-state index in [1.165, 1.54) is 24.1 Å². The number of carbonyl (C=O) groups excluding carboxylic acids is 2. The highest BCUT2D eigenvalue weighted by Crippen LogP contribution is 2.34. The number of carbonyl (C=O) groups is 2. The van der Waals surface area contributed by atoms with Gasteiger partial charge in [-0.25, -0.2) is 0 Å². The maximum absolute atomic E-state index is 13.6. The minimum Gasteiger partial charge on any atom is -0.460 e. The van der Waals surface area contributed by atoms with Crippen molar-refractivity contribution in [2.24, 2.45) is 0 Å². The Bertz CT molecular complexity index is 1510. The summed E-state index contributed by atoms with van der Waals surface area (Å²) < 4.78 is 5.48. The number of ether oxygens (including phenoxy) is 1. The molecule has 2 N–H and O–H groups in total. The molecule has 41 heavy (non-hydrogen) atoms. The Morgan fingerprint density at radius 2 is 1.76 bits per heavy atom. The van der Waals surface area contributed by atoms with Gasteiger partial charge in [-0.3, -0.25) is 9.59 Å². The van der Waals surface area contributed by atoms with Crippen LogP contribution < -0.4 is 10.2 Å². The molecular weight excluding hydrogens is 510 g/mol. The van der Waals surface area contributed by atoms with Crippen LogP contribution in [0.5, 0.6) is 0 Å². The van der Waals surface area contributed by atoms with E-state index in [1.807, 2.05) is 57.3 Å². The lowest BCUT2D eigenvalue weighted by atomic mass is 9.95. The number of aromatic nitrogens is 1. The molecule has 1 aliphatic heterocycles. The third kappa shape index (κ3) is 7.18. The summed E-state index contributed by atoms with van der Waals surface area (Å²) >= 11 is 0. The van der Waals surface area contributed by atoms with Gasteiger partial charge in [0.25, 0.3) is 0 Å². The second-order valence-electron chi connectivity index (χ2n) is 12.1. The van der Waals surface area contributed by atoms with Crippen molar-refractivity contribution in [2.75, 3.05) is 18.0 Å². The van der Waals surface area contributed by atoms with Crippen LogP contribution in [0.25, 0.3) is 10.9 Å². The molecule has 1 aromatic heterocycles. The monoisotopic (exact) mass is 551 g/mol. The Hall–Kier alpha value is -4.06. The van der Waals surface area contributed by atoms with Crippen molar-refractivity contribution in [2.45, 2.75) is 71.4 Å². The zero-order valence-electron chi connectivity index (χ0n) is 24.6. The molecular formula is C35H41N3O3. The average Bonchev–Trinajstić information content (AvgIpc) is 3.61. The predicted octanol–water partition coefficient (Wildman–Crippen LogP) is 6.80. The van der Waals surface area contributed by atoms with E-state index in [-0.39, 0.29) is 24.3 Å². The maximum atomic E-state index is 13.6. The SMILES string of the molecule is Cc1ccc(C(NC(=O)Cc2ccc3[nH]cc(CCC(=O)OC(C)(C)C)c3c2)c2ccccc2)c(N2CCCC2)c1. The highest BCUT2D eigenvalue weighted by molar-refractivity contribution is 5.87. The fourth-order valence-electron chi connectivity index (χ4n) is 5.68. The number of aromatic amines is 1. The summed E-state index contributed by atoms with van der Waals surface area (Å²) in [7, 11) is 0. The molecule has 0 bridgehead atoms. The molecule has 6 nitrogen and oxygen atoms in total. The zero-order valence-corrected chi connectivity index (χ0v) is 24.6. The van der Waals surface area contributed by atoms with E-state index in [0.29, 0.717) is 12.8 Å². The van der Waals surface area contributed by atoms with Crippen LogP contribution in [0.2, 0.25) is 0 Å². The van der Waals surface area contributed by atoms with E-state index in [0.717, 1.165) is 46.2 Å². The lowest BCUT2D eigenvalue weighted by Crippen LogP contribution is -2.32. The van der Waals surface area contributed by atoms with Gasteiger partial charge in [0.15, 0.2) is 0 Å². The van der Waals surface area contributed by atoms with Crippen molar-refractivity contribution < 1.29 is 14.3 Å². The van der Waals surface area contributed by atoms with Gasteiger partial charge in [-0.2, -0.15) is 0 Å². The number of amides is 1. The number of hydrogen-bond donors (Lipinski definition) is 2. The summed E-state index contributed by atoms with van der Waals surface area (Å²) in [5, 5.41) is 4.40. The van der Waals surface area contributed by atoms with Crippen molar-refractivity contribution in [3.05, 3.63) is 101 Å². The summed E-state index contributed by atoms with van der Waals surface area (Å²) in [5.41, 5.74) is 7.09. The molecule has 3 aromatic carbocycles. The molecule has 0 spiro atoms. The van der Waals surface area contributed by atoms with Crippen molar-refractivity contribution in [3.8, 4) is 0 Å². The van der Waals surface area contributed by atoms with E-state index < -0.39 is 5.60 Å². The molecule has 1 fully saturated rings. The van der Waals surface area contributed by atoms with Crippen LogP contribution >= 0.6 is 0 Å². The van der Waals surface area contributed by atoms with Gasteiger partial charge >= 0.3 is 5.97 Å². The van der Waals surface area contributed by atoms with Crippen LogP contribution in [-0.2, 0) is 27.2 Å². The normalized spacial score (nSPS) is 14.3. The summed E-state index contributed by atoms with van der Waals surface area (Å²) in [6.45, 7) is 9.84. The van der Waals surface area contributed by atoms with Gasteiger partial charge in [-0.1, -0.05) is 48.5 Å². The van der Waals surface area contributed by atoms with Gasteiger partial charge in [0, 0.05) is 47.9 Å². The van der Waals surface area contributed by atoms with E-state index in [1.54, 1.807) is 0 Å². The molecule has 6 heteroatoms. The van der Waals surface area contributed by atoms with Crippen LogP contribution in [0.15, 0.2) is 72.9 Å². The third-order valence-corrected chi connectivity index (χ3v) is 7.60. The van der Waals surface area contributed by atoms with Gasteiger partial charge in [-0.05, 0) is 87.4 Å². The Kier molecular flexibility index (Phi) is 8.48. The quantitative estimate of drug-likeness (QED) is 0.224. The number of H-pyrrole nitrogens is 1. The molecule has 0 saturated carbocycles. The first kappa shape index (κ1) is 28.5. The minimum atomic E-state index is -0.497. The molecule has 214 valence electrons. The lowest BCUT2D eigenvalue weighted by molar-refractivity contribution is -0.154. The fourth-order valence-corrected chi connectivity index (χ4v) is 5.68. The van der Waals surface area contributed by atoms with E-state index >= 15 is 0 Å². The Labute approximate surface area is 243 Å². The standard InChI is InChI=1S/C35H41N3O3/c1-24-12-15-28(31(20-24)38-18-8-9-19-38)34(26-10-6-5-7-11-26)37-32(39)22-25-13-16-30-29(21-25)27(23-36-30)14-17-33(40)41-35(2,3)4/h5-7,10-13,15-16,20-21,23,34,36H,8-9,14,17-19,22H2,1-4H3,(H,37,39). The predicted molar refractivity (Wildman–Crippen MR) is 165 cm³/mol. The van der Waals surface area contributed by atoms with Crippen LogP contribution in [0.1, 0.15) is 73.9 Å². The number of benzene rings is 3. The van der Waals surface area contributed by atoms with Crippen LogP contribution in [0.4, 0.5) is 5.69 Å². The van der Waals surface area contributed by atoms with Crippen LogP contribution in [0.3, 0.4) is 0 Å². The molecule has 1 aliphatic rings. The molecule has 1 unspecified atom stereocenters. The largest absolute Gasteiger partial charge is 0.460 e. The van der Waals surface area contributed by atoms with Gasteiger partial charge in [0.2, 0.25) is 5.91 Å². The van der Waals surface area contributed by atoms with Gasteiger partial charge in [0.1, 0.15) is 5.60 Å². The van der Waals surface area contributed by atoms with Crippen LogP contribution in [0, 0.1) is 6.92 Å². The molecule has 2 heterocycles. The number of esters is 1. The molecule has 4 aromatic rings. The highest BCUT2D eigenvalue weighted by Gasteiger charge is 2.24. The molecule has 1 amide bonds. The second kappa shape index (κ2) is 12.2. The third-order valence-electron chi connectivity index (χ3n) is 7.60. The smallest absolute Gasteiger partial charge is 0.306 e. The first-order valence-electron chi connectivity index (χ1n) is 14.7. The lowest BCUT2D eigenvalue weighted by Gasteiger charge is -2.28. The second-order valence-corrected chi connectivity index (χ2v) is 12.1. The van der Waals surface area contributed by atoms with E-state index in [2.05, 4.69) is 58.5 Å². The molecule has 1 atom stereocenters. The number of nitrogens with one attached hydrogen (secondary N) is 2. The summed E-state index contributed by atoms with van der Waals surface area (Å²) in [5.74, 6) is -0.240. The summed E-state index contributed by atoms with van der Waals surface area (Å²) in [6.07, 6.45) is 5.48. The van der Waals surface area contributed by atoms with Gasteiger partial charge in [0.05, 0.1) is 12.5 Å². The molecule has 0 radical (unpaired) electrons. The first-order valence-corrected chi connectivity index (χ1v) is 14.7. The number of hydrogen-bond acceptors (Lipinski definition) is 4. The van der Waals surface area contributed by atoms with Crippen LogP contribution in [-0.4, -0.2) is 35.6 Å². The zero-order chi connectivity index (χ0) is 29.0. The summed E-state index contributed by atoms with van der Waals surface area (Å²) in [4.78, 5) is 31.6. The van der Waals surface area contributed by atoms with Crippen molar-refractivity contribution in [1.29, 1.82) is 0 Å². The molecule has 0 aliphatic carbocycles. The minimum absolute atomic E-state index is 0.0306. The number of nitrogens with zero attached hydrogens (tertiary/aromatic N) is 1. The fraction of sp³-hybridized carbons (Fsp3) is 0.371. The van der Waals surface area contributed by atoms with E-state index in [9.17, 15) is 9.59 Å². The highest BCUT2D eigenvalue weighted by atomic mass is 16.6. The first-order chi connectivity index (χ1) is 19.7. The van der Waals surface area contributed by atoms with Crippen molar-refractivity contribution >= 4 is 28.5 Å². The van der Waals surface area contributed by atoms with E-state index in [4.69, 9.17) is 4.74 Å². The molecule has 1 saturated heterocycles. The number of rotatable bonds is 9. The van der Waals surface area contributed by atoms with Gasteiger partial charge in [-0.15, -0.1) is 0 Å².